The standard InChI is InChI=1S/C14H23NO3S/c1-9(15)10(2)19-8-12-13(17-4)6-11(16-3)7-14(12)18-5/h6-7,9-10H,8,15H2,1-5H3/t9-,10?/m0/s1. The first-order valence-electron chi connectivity index (χ1n) is 6.19. The molecule has 0 aliphatic rings. The predicted octanol–water partition coefficient (Wildman–Crippen LogP) is 2.68. The van der Waals surface area contributed by atoms with Gasteiger partial charge < -0.3 is 19.9 Å². The number of methoxy groups -OCH3 is 3. The Morgan fingerprint density at radius 3 is 1.95 bits per heavy atom. The van der Waals surface area contributed by atoms with Crippen LogP contribution >= 0.6 is 11.8 Å². The Labute approximate surface area is 119 Å². The largest absolute Gasteiger partial charge is 0.496 e. The highest BCUT2D eigenvalue weighted by Crippen LogP contribution is 2.37. The zero-order valence-electron chi connectivity index (χ0n) is 12.2. The molecule has 0 aliphatic heterocycles. The molecule has 0 radical (unpaired) electrons. The molecule has 0 amide bonds. The van der Waals surface area contributed by atoms with E-state index in [1.807, 2.05) is 19.1 Å². The average Bonchev–Trinajstić information content (AvgIpc) is 2.43. The molecule has 1 unspecified atom stereocenters. The SMILES string of the molecule is COc1cc(OC)c(CSC(C)[C@H](C)N)c(OC)c1. The van der Waals surface area contributed by atoms with E-state index >= 15 is 0 Å². The minimum absolute atomic E-state index is 0.153. The second kappa shape index (κ2) is 7.50. The molecule has 0 saturated carbocycles. The van der Waals surface area contributed by atoms with Gasteiger partial charge in [-0.3, -0.25) is 0 Å². The molecule has 0 heterocycles. The van der Waals surface area contributed by atoms with Gasteiger partial charge in [0.15, 0.2) is 0 Å². The molecule has 0 aromatic heterocycles. The predicted molar refractivity (Wildman–Crippen MR) is 80.5 cm³/mol. The van der Waals surface area contributed by atoms with Gasteiger partial charge in [0, 0.05) is 34.7 Å². The van der Waals surface area contributed by atoms with Crippen LogP contribution < -0.4 is 19.9 Å². The van der Waals surface area contributed by atoms with Crippen molar-refractivity contribution in [1.29, 1.82) is 0 Å². The van der Waals surface area contributed by atoms with E-state index < -0.39 is 0 Å². The lowest BCUT2D eigenvalue weighted by Gasteiger charge is -2.18. The second-order valence-electron chi connectivity index (χ2n) is 4.39. The van der Waals surface area contributed by atoms with Crippen LogP contribution in [-0.2, 0) is 5.75 Å². The Morgan fingerprint density at radius 2 is 1.58 bits per heavy atom. The smallest absolute Gasteiger partial charge is 0.130 e. The third kappa shape index (κ3) is 4.21. The molecule has 0 aliphatic carbocycles. The van der Waals surface area contributed by atoms with Crippen LogP contribution in [0.3, 0.4) is 0 Å². The third-order valence-corrected chi connectivity index (χ3v) is 4.46. The normalized spacial score (nSPS) is 13.8. The van der Waals surface area contributed by atoms with Crippen LogP contribution in [0.25, 0.3) is 0 Å². The van der Waals surface area contributed by atoms with Crippen molar-refractivity contribution in [3.63, 3.8) is 0 Å². The summed E-state index contributed by atoms with van der Waals surface area (Å²) < 4.78 is 16.1. The molecule has 108 valence electrons. The number of benzene rings is 1. The molecule has 2 N–H and O–H groups in total. The number of nitrogens with two attached hydrogens (primary N) is 1. The summed E-state index contributed by atoms with van der Waals surface area (Å²) >= 11 is 1.78. The zero-order chi connectivity index (χ0) is 14.4. The van der Waals surface area contributed by atoms with Crippen molar-refractivity contribution >= 4 is 11.8 Å². The zero-order valence-corrected chi connectivity index (χ0v) is 13.0. The van der Waals surface area contributed by atoms with Gasteiger partial charge in [-0.15, -0.1) is 0 Å². The molecular formula is C14H23NO3S. The van der Waals surface area contributed by atoms with Crippen LogP contribution in [0.4, 0.5) is 0 Å². The summed E-state index contributed by atoms with van der Waals surface area (Å²) in [6, 6.07) is 3.89. The maximum Gasteiger partial charge on any atom is 0.130 e. The fourth-order valence-corrected chi connectivity index (χ4v) is 2.60. The van der Waals surface area contributed by atoms with Crippen molar-refractivity contribution in [3.05, 3.63) is 17.7 Å². The minimum Gasteiger partial charge on any atom is -0.496 e. The molecule has 2 atom stereocenters. The van der Waals surface area contributed by atoms with Crippen LogP contribution in [0.2, 0.25) is 0 Å². The van der Waals surface area contributed by atoms with Gasteiger partial charge >= 0.3 is 0 Å². The monoisotopic (exact) mass is 285 g/mol. The van der Waals surface area contributed by atoms with Gasteiger partial charge in [-0.2, -0.15) is 11.8 Å². The van der Waals surface area contributed by atoms with Gasteiger partial charge in [-0.1, -0.05) is 6.92 Å². The van der Waals surface area contributed by atoms with E-state index in [2.05, 4.69) is 6.92 Å². The van der Waals surface area contributed by atoms with Crippen molar-refractivity contribution < 1.29 is 14.2 Å². The topological polar surface area (TPSA) is 53.7 Å². The average molecular weight is 285 g/mol. The summed E-state index contributed by atoms with van der Waals surface area (Å²) in [4.78, 5) is 0. The lowest BCUT2D eigenvalue weighted by Crippen LogP contribution is -2.26. The van der Waals surface area contributed by atoms with Gasteiger partial charge in [-0.05, 0) is 6.92 Å². The maximum absolute atomic E-state index is 5.88. The molecule has 1 aromatic carbocycles. The molecule has 0 fully saturated rings. The molecule has 0 spiro atoms. The molecule has 1 aromatic rings. The highest BCUT2D eigenvalue weighted by Gasteiger charge is 2.16. The van der Waals surface area contributed by atoms with Crippen molar-refractivity contribution in [2.75, 3.05) is 21.3 Å². The fourth-order valence-electron chi connectivity index (χ4n) is 1.59. The number of ether oxygens (including phenoxy) is 3. The van der Waals surface area contributed by atoms with E-state index in [0.717, 1.165) is 28.6 Å². The van der Waals surface area contributed by atoms with E-state index in [-0.39, 0.29) is 6.04 Å². The molecule has 1 rings (SSSR count). The molecule has 19 heavy (non-hydrogen) atoms. The van der Waals surface area contributed by atoms with E-state index in [1.54, 1.807) is 33.1 Å². The molecular weight excluding hydrogens is 262 g/mol. The highest BCUT2D eigenvalue weighted by molar-refractivity contribution is 7.99. The Balaban J connectivity index is 2.97. The Morgan fingerprint density at radius 1 is 1.05 bits per heavy atom. The van der Waals surface area contributed by atoms with Crippen LogP contribution in [0, 0.1) is 0 Å². The van der Waals surface area contributed by atoms with Gasteiger partial charge in [0.05, 0.1) is 21.3 Å². The quantitative estimate of drug-likeness (QED) is 0.834. The molecule has 4 nitrogen and oxygen atoms in total. The first-order valence-corrected chi connectivity index (χ1v) is 7.24. The summed E-state index contributed by atoms with van der Waals surface area (Å²) in [5, 5.41) is 0.372. The minimum atomic E-state index is 0.153. The first-order chi connectivity index (χ1) is 9.03. The van der Waals surface area contributed by atoms with Crippen LogP contribution in [0.15, 0.2) is 12.1 Å². The van der Waals surface area contributed by atoms with E-state index in [4.69, 9.17) is 19.9 Å². The molecule has 5 heteroatoms. The van der Waals surface area contributed by atoms with E-state index in [0.29, 0.717) is 5.25 Å². The first kappa shape index (κ1) is 16.0. The van der Waals surface area contributed by atoms with Gasteiger partial charge in [0.1, 0.15) is 17.2 Å². The summed E-state index contributed by atoms with van der Waals surface area (Å²) in [6.07, 6.45) is 0. The summed E-state index contributed by atoms with van der Waals surface area (Å²) in [5.41, 5.74) is 6.91. The van der Waals surface area contributed by atoms with Gasteiger partial charge in [0.25, 0.3) is 0 Å². The van der Waals surface area contributed by atoms with Crippen LogP contribution in [0.5, 0.6) is 17.2 Å². The lowest BCUT2D eigenvalue weighted by molar-refractivity contribution is 0.371. The molecule has 0 saturated heterocycles. The Hall–Kier alpha value is -1.07. The van der Waals surface area contributed by atoms with Gasteiger partial charge in [0.2, 0.25) is 0 Å². The number of hydrogen-bond acceptors (Lipinski definition) is 5. The second-order valence-corrected chi connectivity index (χ2v) is 5.75. The van der Waals surface area contributed by atoms with Crippen LogP contribution in [0.1, 0.15) is 19.4 Å². The van der Waals surface area contributed by atoms with Gasteiger partial charge in [-0.25, -0.2) is 0 Å². The molecule has 0 bridgehead atoms. The third-order valence-electron chi connectivity index (χ3n) is 3.05. The number of thioether (sulfide) groups is 1. The number of rotatable bonds is 7. The summed E-state index contributed by atoms with van der Waals surface area (Å²) in [7, 11) is 4.93. The Kier molecular flexibility index (Phi) is 6.31. The van der Waals surface area contributed by atoms with Crippen molar-refractivity contribution in [2.45, 2.75) is 30.9 Å². The van der Waals surface area contributed by atoms with Crippen molar-refractivity contribution in [3.8, 4) is 17.2 Å². The fraction of sp³-hybridized carbons (Fsp3) is 0.571. The maximum atomic E-state index is 5.88. The highest BCUT2D eigenvalue weighted by atomic mass is 32.2. The Bertz CT molecular complexity index is 385. The lowest BCUT2D eigenvalue weighted by atomic mass is 10.2. The van der Waals surface area contributed by atoms with E-state index in [9.17, 15) is 0 Å². The van der Waals surface area contributed by atoms with E-state index in [1.165, 1.54) is 0 Å². The van der Waals surface area contributed by atoms with Crippen LogP contribution in [-0.4, -0.2) is 32.6 Å². The van der Waals surface area contributed by atoms with Crippen molar-refractivity contribution in [2.24, 2.45) is 5.73 Å². The number of hydrogen-bond donors (Lipinski definition) is 1. The summed E-state index contributed by atoms with van der Waals surface area (Å²) in [5.74, 6) is 3.07. The van der Waals surface area contributed by atoms with Crippen molar-refractivity contribution in [1.82, 2.24) is 0 Å². The summed E-state index contributed by atoms with van der Waals surface area (Å²) in [6.45, 7) is 4.14.